The van der Waals surface area contributed by atoms with E-state index in [0.717, 1.165) is 5.56 Å². The van der Waals surface area contributed by atoms with Crippen LogP contribution in [0.5, 0.6) is 0 Å². The third kappa shape index (κ3) is 4.18. The highest BCUT2D eigenvalue weighted by atomic mass is 35.5. The Morgan fingerprint density at radius 1 is 1.14 bits per heavy atom. The molecule has 0 saturated carbocycles. The molecule has 1 aliphatic heterocycles. The Labute approximate surface area is 171 Å². The van der Waals surface area contributed by atoms with Gasteiger partial charge in [0.15, 0.2) is 0 Å². The number of hydrogen-bond acceptors (Lipinski definition) is 4. The number of non-ortho nitro benzene ring substituents is 1. The molecule has 2 aromatic carbocycles. The van der Waals surface area contributed by atoms with Crippen LogP contribution in [0.2, 0.25) is 0 Å². The first-order valence-corrected chi connectivity index (χ1v) is 9.14. The number of benzene rings is 2. The van der Waals surface area contributed by atoms with Crippen LogP contribution in [0, 0.1) is 16.0 Å². The molecule has 1 fully saturated rings. The topological polar surface area (TPSA) is 89.5 Å². The molecule has 0 bridgehead atoms. The molecule has 0 unspecified atom stereocenters. The molecule has 2 N–H and O–H groups in total. The summed E-state index contributed by atoms with van der Waals surface area (Å²) in [5.74, 6) is 0.477. The van der Waals surface area contributed by atoms with Crippen LogP contribution in [0.1, 0.15) is 30.9 Å². The highest BCUT2D eigenvalue weighted by Gasteiger charge is 2.41. The summed E-state index contributed by atoms with van der Waals surface area (Å²) in [6.07, 6.45) is 0. The zero-order valence-electron chi connectivity index (χ0n) is 16.1. The van der Waals surface area contributed by atoms with E-state index in [2.05, 4.69) is 12.1 Å². The number of halogens is 1. The fourth-order valence-corrected chi connectivity index (χ4v) is 3.87. The zero-order chi connectivity index (χ0) is 19.6. The molecule has 6 nitrogen and oxygen atoms in total. The summed E-state index contributed by atoms with van der Waals surface area (Å²) in [7, 11) is 0. The van der Waals surface area contributed by atoms with Gasteiger partial charge in [-0.2, -0.15) is 0 Å². The predicted molar refractivity (Wildman–Crippen MR) is 112 cm³/mol. The number of rotatable bonds is 5. The second kappa shape index (κ2) is 8.71. The van der Waals surface area contributed by atoms with E-state index < -0.39 is 10.3 Å². The molecular weight excluding hydrogens is 378 g/mol. The van der Waals surface area contributed by atoms with E-state index in [0.29, 0.717) is 19.6 Å². The number of hydrogen-bond donors (Lipinski definition) is 1. The lowest BCUT2D eigenvalue weighted by molar-refractivity contribution is -0.384. The van der Waals surface area contributed by atoms with Gasteiger partial charge in [0, 0.05) is 31.1 Å². The van der Waals surface area contributed by atoms with Crippen molar-refractivity contribution in [3.05, 3.63) is 75.8 Å². The summed E-state index contributed by atoms with van der Waals surface area (Å²) in [5, 5.41) is 10.9. The zero-order valence-corrected chi connectivity index (χ0v) is 16.9. The number of nitro benzene ring substituents is 1. The lowest BCUT2D eigenvalue weighted by Gasteiger charge is -2.30. The normalized spacial score (nSPS) is 19.2. The largest absolute Gasteiger partial charge is 0.341 e. The van der Waals surface area contributed by atoms with Crippen molar-refractivity contribution in [2.45, 2.75) is 25.2 Å². The average molecular weight is 404 g/mol. The molecule has 0 aliphatic carbocycles. The second-order valence-electron chi connectivity index (χ2n) is 7.65. The summed E-state index contributed by atoms with van der Waals surface area (Å²) in [6, 6.07) is 16.4. The Hall–Kier alpha value is -2.44. The van der Waals surface area contributed by atoms with E-state index in [1.54, 1.807) is 12.1 Å². The van der Waals surface area contributed by atoms with Gasteiger partial charge in [0.2, 0.25) is 5.91 Å². The minimum absolute atomic E-state index is 0. The SMILES string of the molecule is CC(C)(C(=O)N1C[C@@H](CN)[C@H](c2ccccc2)C1)c1ccc([N+](=O)[O-])cc1.Cl. The Morgan fingerprint density at radius 2 is 1.75 bits per heavy atom. The summed E-state index contributed by atoms with van der Waals surface area (Å²) < 4.78 is 0. The minimum Gasteiger partial charge on any atom is -0.341 e. The van der Waals surface area contributed by atoms with Gasteiger partial charge in [-0.15, -0.1) is 12.4 Å². The van der Waals surface area contributed by atoms with Gasteiger partial charge >= 0.3 is 0 Å². The number of carbonyl (C=O) groups is 1. The van der Waals surface area contributed by atoms with E-state index in [-0.39, 0.29) is 35.8 Å². The third-order valence-electron chi connectivity index (χ3n) is 5.59. The van der Waals surface area contributed by atoms with Crippen molar-refractivity contribution in [3.8, 4) is 0 Å². The maximum Gasteiger partial charge on any atom is 0.269 e. The number of nitro groups is 1. The summed E-state index contributed by atoms with van der Waals surface area (Å²) >= 11 is 0. The Bertz CT molecular complexity index is 825. The average Bonchev–Trinajstić information content (AvgIpc) is 3.12. The van der Waals surface area contributed by atoms with Crippen molar-refractivity contribution in [2.75, 3.05) is 19.6 Å². The first-order chi connectivity index (χ1) is 12.8. The van der Waals surface area contributed by atoms with E-state index in [4.69, 9.17) is 5.73 Å². The molecule has 1 saturated heterocycles. The number of likely N-dealkylation sites (tertiary alicyclic amines) is 1. The van der Waals surface area contributed by atoms with Gasteiger partial charge < -0.3 is 10.6 Å². The van der Waals surface area contributed by atoms with Crippen molar-refractivity contribution in [1.29, 1.82) is 0 Å². The van der Waals surface area contributed by atoms with Crippen molar-refractivity contribution < 1.29 is 9.72 Å². The molecular formula is C21H26ClN3O3. The Balaban J connectivity index is 0.00000280. The van der Waals surface area contributed by atoms with Gasteiger partial charge in [0.25, 0.3) is 5.69 Å². The lowest BCUT2D eigenvalue weighted by Crippen LogP contribution is -2.42. The van der Waals surface area contributed by atoms with Gasteiger partial charge in [-0.1, -0.05) is 42.5 Å². The Kier molecular flexibility index (Phi) is 6.80. The minimum atomic E-state index is -0.764. The highest BCUT2D eigenvalue weighted by Crippen LogP contribution is 2.35. The van der Waals surface area contributed by atoms with Crippen LogP contribution in [0.25, 0.3) is 0 Å². The predicted octanol–water partition coefficient (Wildman–Crippen LogP) is 3.50. The van der Waals surface area contributed by atoms with Crippen molar-refractivity contribution in [3.63, 3.8) is 0 Å². The number of carbonyl (C=O) groups excluding carboxylic acids is 1. The maximum absolute atomic E-state index is 13.3. The molecule has 0 aromatic heterocycles. The van der Waals surface area contributed by atoms with Gasteiger partial charge in [0.05, 0.1) is 10.3 Å². The van der Waals surface area contributed by atoms with Crippen LogP contribution in [-0.2, 0) is 10.2 Å². The molecule has 2 aromatic rings. The summed E-state index contributed by atoms with van der Waals surface area (Å²) in [4.78, 5) is 25.6. The summed E-state index contributed by atoms with van der Waals surface area (Å²) in [5.41, 5.74) is 7.22. The van der Waals surface area contributed by atoms with Gasteiger partial charge in [-0.25, -0.2) is 0 Å². The standard InChI is InChI=1S/C21H25N3O3.ClH/c1-21(2,17-8-10-18(11-9-17)24(26)27)20(25)23-13-16(12-22)19(14-23)15-6-4-3-5-7-15;/h3-11,16,19H,12-14,22H2,1-2H3;1H/t16-,19+;/m1./s1. The second-order valence-corrected chi connectivity index (χ2v) is 7.65. The van der Waals surface area contributed by atoms with Crippen molar-refractivity contribution in [1.82, 2.24) is 4.90 Å². The smallest absolute Gasteiger partial charge is 0.269 e. The molecule has 150 valence electrons. The molecule has 2 atom stereocenters. The van der Waals surface area contributed by atoms with Gasteiger partial charge in [0.1, 0.15) is 0 Å². The molecule has 28 heavy (non-hydrogen) atoms. The lowest BCUT2D eigenvalue weighted by atomic mass is 9.83. The highest BCUT2D eigenvalue weighted by molar-refractivity contribution is 5.87. The van der Waals surface area contributed by atoms with Crippen LogP contribution in [0.15, 0.2) is 54.6 Å². The number of amides is 1. The van der Waals surface area contributed by atoms with Gasteiger partial charge in [-0.3, -0.25) is 14.9 Å². The van der Waals surface area contributed by atoms with Gasteiger partial charge in [-0.05, 0) is 37.4 Å². The van der Waals surface area contributed by atoms with Crippen LogP contribution in [0.3, 0.4) is 0 Å². The molecule has 1 amide bonds. The number of nitrogens with zero attached hydrogens (tertiary/aromatic N) is 2. The molecule has 7 heteroatoms. The monoisotopic (exact) mass is 403 g/mol. The fraction of sp³-hybridized carbons (Fsp3) is 0.381. The molecule has 1 aliphatic rings. The Morgan fingerprint density at radius 3 is 2.29 bits per heavy atom. The van der Waals surface area contributed by atoms with E-state index in [1.807, 2.05) is 36.9 Å². The van der Waals surface area contributed by atoms with Crippen LogP contribution < -0.4 is 5.73 Å². The first kappa shape index (κ1) is 21.9. The molecule has 0 spiro atoms. The van der Waals surface area contributed by atoms with E-state index in [9.17, 15) is 14.9 Å². The fourth-order valence-electron chi connectivity index (χ4n) is 3.87. The molecule has 0 radical (unpaired) electrons. The van der Waals surface area contributed by atoms with Crippen LogP contribution >= 0.6 is 12.4 Å². The number of nitrogens with two attached hydrogens (primary N) is 1. The van der Waals surface area contributed by atoms with Crippen LogP contribution in [0.4, 0.5) is 5.69 Å². The van der Waals surface area contributed by atoms with Crippen molar-refractivity contribution >= 4 is 24.0 Å². The molecule has 3 rings (SSSR count). The van der Waals surface area contributed by atoms with E-state index in [1.165, 1.54) is 17.7 Å². The maximum atomic E-state index is 13.3. The van der Waals surface area contributed by atoms with E-state index >= 15 is 0 Å². The van der Waals surface area contributed by atoms with Crippen molar-refractivity contribution in [2.24, 2.45) is 11.7 Å². The quantitative estimate of drug-likeness (QED) is 0.611. The molecule has 1 heterocycles. The summed E-state index contributed by atoms with van der Waals surface area (Å²) in [6.45, 7) is 5.53. The first-order valence-electron chi connectivity index (χ1n) is 9.14. The third-order valence-corrected chi connectivity index (χ3v) is 5.59. The van der Waals surface area contributed by atoms with Crippen LogP contribution in [-0.4, -0.2) is 35.4 Å².